The Hall–Kier alpha value is -6.13. The monoisotopic (exact) mass is 578 g/mol. The summed E-state index contributed by atoms with van der Waals surface area (Å²) in [6, 6.07) is 54.6. The Labute approximate surface area is 259 Å². The average Bonchev–Trinajstić information content (AvgIpc) is 3.69. The third-order valence-corrected chi connectivity index (χ3v) is 8.47. The van der Waals surface area contributed by atoms with Crippen molar-refractivity contribution in [1.29, 1.82) is 0 Å². The van der Waals surface area contributed by atoms with Gasteiger partial charge in [-0.3, -0.25) is 0 Å². The number of oxazole rings is 1. The fourth-order valence-corrected chi connectivity index (χ4v) is 6.26. The van der Waals surface area contributed by atoms with Crippen LogP contribution in [0, 0.1) is 0 Å². The molecule has 0 saturated carbocycles. The first-order chi connectivity index (χ1) is 22.3. The second-order valence-corrected chi connectivity index (χ2v) is 11.2. The number of fused-ring (bicyclic) bond motifs is 5. The van der Waals surface area contributed by atoms with Crippen LogP contribution in [0.2, 0.25) is 0 Å². The number of nitrogens with zero attached hydrogens (tertiary/aromatic N) is 2. The van der Waals surface area contributed by atoms with Crippen LogP contribution < -0.4 is 4.90 Å². The van der Waals surface area contributed by atoms with E-state index in [-0.39, 0.29) is 0 Å². The highest BCUT2D eigenvalue weighted by molar-refractivity contribution is 6.13. The summed E-state index contributed by atoms with van der Waals surface area (Å²) < 4.78 is 12.9. The van der Waals surface area contributed by atoms with Gasteiger partial charge in [0.2, 0.25) is 5.89 Å². The lowest BCUT2D eigenvalue weighted by atomic mass is 10.0. The third-order valence-electron chi connectivity index (χ3n) is 8.47. The Morgan fingerprint density at radius 3 is 1.93 bits per heavy atom. The molecular formula is C41H26N2O2. The quantitative estimate of drug-likeness (QED) is 0.204. The molecule has 0 radical (unpaired) electrons. The minimum absolute atomic E-state index is 0.602. The van der Waals surface area contributed by atoms with E-state index >= 15 is 0 Å². The van der Waals surface area contributed by atoms with E-state index in [2.05, 4.69) is 120 Å². The van der Waals surface area contributed by atoms with Gasteiger partial charge >= 0.3 is 0 Å². The van der Waals surface area contributed by atoms with E-state index in [1.54, 1.807) is 0 Å². The number of para-hydroxylation sites is 1. The molecule has 0 amide bonds. The molecule has 2 aromatic heterocycles. The van der Waals surface area contributed by atoms with E-state index in [4.69, 9.17) is 13.8 Å². The van der Waals surface area contributed by atoms with Crippen LogP contribution in [0.25, 0.3) is 66.4 Å². The van der Waals surface area contributed by atoms with E-state index in [1.807, 2.05) is 42.5 Å². The average molecular weight is 579 g/mol. The Kier molecular flexibility index (Phi) is 5.78. The van der Waals surface area contributed by atoms with E-state index in [1.165, 1.54) is 21.9 Å². The topological polar surface area (TPSA) is 42.4 Å². The van der Waals surface area contributed by atoms with Crippen LogP contribution >= 0.6 is 0 Å². The molecule has 0 bridgehead atoms. The van der Waals surface area contributed by atoms with E-state index in [9.17, 15) is 0 Å². The Morgan fingerprint density at radius 2 is 1.13 bits per heavy atom. The van der Waals surface area contributed by atoms with Gasteiger partial charge in [-0.25, -0.2) is 4.98 Å². The SMILES string of the molecule is c1ccc(-c2ccc(N(c3ccc4ccccc4c3)c3cccc4c3oc3cc5nc(-c6ccccc6)oc5cc34)cc2)cc1. The van der Waals surface area contributed by atoms with Crippen LogP contribution in [0.3, 0.4) is 0 Å². The number of rotatable bonds is 5. The molecule has 0 spiro atoms. The number of furan rings is 1. The lowest BCUT2D eigenvalue weighted by Gasteiger charge is -2.26. The minimum atomic E-state index is 0.602. The van der Waals surface area contributed by atoms with E-state index < -0.39 is 0 Å². The molecule has 0 saturated heterocycles. The van der Waals surface area contributed by atoms with Crippen LogP contribution in [0.5, 0.6) is 0 Å². The molecule has 212 valence electrons. The second kappa shape index (κ2) is 10.2. The molecule has 0 fully saturated rings. The standard InChI is InChI=1S/C41H26N2O2/c1-3-10-27(11-4-1)29-18-21-32(22-19-29)43(33-23-20-28-12-7-8-15-31(28)24-33)37-17-9-16-34-35-25-39-36(26-38(35)44-40(34)37)42-41(45-39)30-13-5-2-6-14-30/h1-26H. The van der Waals surface area contributed by atoms with Crippen LogP contribution in [0.15, 0.2) is 167 Å². The number of hydrogen-bond donors (Lipinski definition) is 0. The molecule has 0 N–H and O–H groups in total. The summed E-state index contributed by atoms with van der Waals surface area (Å²) in [7, 11) is 0. The normalized spacial score (nSPS) is 11.6. The molecule has 0 unspecified atom stereocenters. The zero-order valence-corrected chi connectivity index (χ0v) is 24.2. The van der Waals surface area contributed by atoms with Crippen molar-refractivity contribution in [3.8, 4) is 22.6 Å². The first kappa shape index (κ1) is 25.4. The number of aromatic nitrogens is 1. The summed E-state index contributed by atoms with van der Waals surface area (Å²) in [4.78, 5) is 7.06. The predicted molar refractivity (Wildman–Crippen MR) is 184 cm³/mol. The molecule has 0 atom stereocenters. The van der Waals surface area contributed by atoms with E-state index in [0.29, 0.717) is 5.89 Å². The smallest absolute Gasteiger partial charge is 0.227 e. The largest absolute Gasteiger partial charge is 0.454 e. The van der Waals surface area contributed by atoms with Gasteiger partial charge in [0.05, 0.1) is 5.69 Å². The van der Waals surface area contributed by atoms with Crippen LogP contribution in [0.4, 0.5) is 17.1 Å². The molecule has 9 aromatic rings. The molecule has 0 aliphatic carbocycles. The van der Waals surface area contributed by atoms with Gasteiger partial charge in [0.1, 0.15) is 11.1 Å². The number of anilines is 3. The zero-order valence-electron chi connectivity index (χ0n) is 24.2. The summed E-state index contributed by atoms with van der Waals surface area (Å²) in [5.41, 5.74) is 9.45. The van der Waals surface area contributed by atoms with Crippen LogP contribution in [0.1, 0.15) is 0 Å². The lowest BCUT2D eigenvalue weighted by Crippen LogP contribution is -2.10. The molecule has 7 aromatic carbocycles. The fraction of sp³-hybridized carbons (Fsp3) is 0. The molecule has 2 heterocycles. The fourth-order valence-electron chi connectivity index (χ4n) is 6.26. The highest BCUT2D eigenvalue weighted by Gasteiger charge is 2.21. The van der Waals surface area contributed by atoms with Gasteiger partial charge in [0.15, 0.2) is 11.2 Å². The molecule has 0 aliphatic heterocycles. The van der Waals surface area contributed by atoms with Gasteiger partial charge in [-0.05, 0) is 70.4 Å². The molecule has 45 heavy (non-hydrogen) atoms. The van der Waals surface area contributed by atoms with Crippen molar-refractivity contribution in [3.05, 3.63) is 158 Å². The number of hydrogen-bond acceptors (Lipinski definition) is 4. The molecule has 9 rings (SSSR count). The van der Waals surface area contributed by atoms with Gasteiger partial charge < -0.3 is 13.7 Å². The van der Waals surface area contributed by atoms with Gasteiger partial charge in [0.25, 0.3) is 0 Å². The molecule has 4 heteroatoms. The third kappa shape index (κ3) is 4.35. The number of benzene rings is 7. The lowest BCUT2D eigenvalue weighted by molar-refractivity contribution is 0.620. The summed E-state index contributed by atoms with van der Waals surface area (Å²) in [6.45, 7) is 0. The summed E-state index contributed by atoms with van der Waals surface area (Å²) in [5.74, 6) is 0.602. The van der Waals surface area contributed by atoms with Crippen molar-refractivity contribution < 1.29 is 8.83 Å². The van der Waals surface area contributed by atoms with Gasteiger partial charge in [-0.1, -0.05) is 103 Å². The maximum atomic E-state index is 6.69. The van der Waals surface area contributed by atoms with Crippen LogP contribution in [-0.2, 0) is 0 Å². The maximum Gasteiger partial charge on any atom is 0.227 e. The highest BCUT2D eigenvalue weighted by atomic mass is 16.4. The molecule has 0 aliphatic rings. The first-order valence-corrected chi connectivity index (χ1v) is 15.0. The highest BCUT2D eigenvalue weighted by Crippen LogP contribution is 2.44. The minimum Gasteiger partial charge on any atom is -0.454 e. The maximum absolute atomic E-state index is 6.69. The van der Waals surface area contributed by atoms with Gasteiger partial charge in [0, 0.05) is 33.8 Å². The first-order valence-electron chi connectivity index (χ1n) is 15.0. The Balaban J connectivity index is 1.22. The Bertz CT molecular complexity index is 2480. The Morgan fingerprint density at radius 1 is 0.444 bits per heavy atom. The predicted octanol–water partition coefficient (Wildman–Crippen LogP) is 11.7. The van der Waals surface area contributed by atoms with Gasteiger partial charge in [-0.2, -0.15) is 0 Å². The van der Waals surface area contributed by atoms with Crippen molar-refractivity contribution in [1.82, 2.24) is 4.98 Å². The molecule has 4 nitrogen and oxygen atoms in total. The van der Waals surface area contributed by atoms with Crippen molar-refractivity contribution in [2.24, 2.45) is 0 Å². The van der Waals surface area contributed by atoms with Crippen molar-refractivity contribution in [2.75, 3.05) is 4.90 Å². The van der Waals surface area contributed by atoms with E-state index in [0.717, 1.165) is 55.7 Å². The summed E-state index contributed by atoms with van der Waals surface area (Å²) in [6.07, 6.45) is 0. The van der Waals surface area contributed by atoms with Crippen molar-refractivity contribution in [3.63, 3.8) is 0 Å². The van der Waals surface area contributed by atoms with Crippen LogP contribution in [-0.4, -0.2) is 4.98 Å². The second-order valence-electron chi connectivity index (χ2n) is 11.2. The van der Waals surface area contributed by atoms with Crippen molar-refractivity contribution >= 4 is 60.9 Å². The van der Waals surface area contributed by atoms with Gasteiger partial charge in [-0.15, -0.1) is 0 Å². The summed E-state index contributed by atoms with van der Waals surface area (Å²) >= 11 is 0. The summed E-state index contributed by atoms with van der Waals surface area (Å²) in [5, 5.41) is 4.40. The van der Waals surface area contributed by atoms with Crippen molar-refractivity contribution in [2.45, 2.75) is 0 Å². The molecular weight excluding hydrogens is 552 g/mol. The zero-order chi connectivity index (χ0) is 29.7.